The fourth-order valence-corrected chi connectivity index (χ4v) is 4.10. The first-order valence-electron chi connectivity index (χ1n) is 8.38. The van der Waals surface area contributed by atoms with Gasteiger partial charge < -0.3 is 9.84 Å². The number of ether oxygens (including phenoxy) is 1. The van der Waals surface area contributed by atoms with Crippen LogP contribution in [0.4, 0.5) is 0 Å². The maximum Gasteiger partial charge on any atom is 0.123 e. The SMILES string of the molecule is CC(C)(C)c1ccccc1OC1CC(O)C12CCCCC2. The van der Waals surface area contributed by atoms with Crippen molar-refractivity contribution in [3.63, 3.8) is 0 Å². The number of aliphatic hydroxyl groups is 1. The van der Waals surface area contributed by atoms with Gasteiger partial charge in [-0.25, -0.2) is 0 Å². The Morgan fingerprint density at radius 3 is 2.38 bits per heavy atom. The molecule has 2 unspecified atom stereocenters. The third kappa shape index (κ3) is 2.59. The van der Waals surface area contributed by atoms with E-state index in [9.17, 15) is 5.11 Å². The van der Waals surface area contributed by atoms with Gasteiger partial charge in [-0.2, -0.15) is 0 Å². The molecule has 1 aromatic rings. The van der Waals surface area contributed by atoms with Crippen molar-refractivity contribution >= 4 is 0 Å². The van der Waals surface area contributed by atoms with E-state index in [1.807, 2.05) is 6.07 Å². The first-order chi connectivity index (χ1) is 9.93. The predicted octanol–water partition coefficient (Wildman–Crippen LogP) is 4.45. The summed E-state index contributed by atoms with van der Waals surface area (Å²) in [5.74, 6) is 1.01. The number of aliphatic hydroxyl groups excluding tert-OH is 1. The highest BCUT2D eigenvalue weighted by atomic mass is 16.5. The van der Waals surface area contributed by atoms with Gasteiger partial charge in [-0.05, 0) is 29.9 Å². The van der Waals surface area contributed by atoms with Crippen LogP contribution in [0.5, 0.6) is 5.75 Å². The maximum atomic E-state index is 10.3. The number of benzene rings is 1. The molecule has 2 saturated carbocycles. The number of hydrogen-bond acceptors (Lipinski definition) is 2. The van der Waals surface area contributed by atoms with Crippen LogP contribution in [0.15, 0.2) is 24.3 Å². The summed E-state index contributed by atoms with van der Waals surface area (Å²) >= 11 is 0. The van der Waals surface area contributed by atoms with E-state index >= 15 is 0 Å². The van der Waals surface area contributed by atoms with Crippen molar-refractivity contribution in [2.24, 2.45) is 5.41 Å². The second kappa shape index (κ2) is 5.31. The lowest BCUT2D eigenvalue weighted by Gasteiger charge is -2.55. The van der Waals surface area contributed by atoms with E-state index in [0.717, 1.165) is 25.0 Å². The van der Waals surface area contributed by atoms with Gasteiger partial charge in [0.2, 0.25) is 0 Å². The summed E-state index contributed by atoms with van der Waals surface area (Å²) in [6.45, 7) is 6.67. The largest absolute Gasteiger partial charge is 0.489 e. The van der Waals surface area contributed by atoms with Crippen LogP contribution >= 0.6 is 0 Å². The molecule has 2 heteroatoms. The molecule has 0 amide bonds. The molecule has 2 fully saturated rings. The molecule has 1 N–H and O–H groups in total. The molecule has 0 heterocycles. The van der Waals surface area contributed by atoms with Gasteiger partial charge in [-0.3, -0.25) is 0 Å². The Balaban J connectivity index is 1.81. The van der Waals surface area contributed by atoms with Crippen molar-refractivity contribution in [3.8, 4) is 5.75 Å². The lowest BCUT2D eigenvalue weighted by atomic mass is 9.56. The molecule has 116 valence electrons. The fraction of sp³-hybridized carbons (Fsp3) is 0.684. The summed E-state index contributed by atoms with van der Waals surface area (Å²) in [5.41, 5.74) is 1.37. The topological polar surface area (TPSA) is 29.5 Å². The molecular formula is C19H28O2. The van der Waals surface area contributed by atoms with Crippen molar-refractivity contribution in [2.75, 3.05) is 0 Å². The van der Waals surface area contributed by atoms with E-state index in [1.54, 1.807) is 0 Å². The van der Waals surface area contributed by atoms with Crippen LogP contribution in [0.3, 0.4) is 0 Å². The molecule has 0 aliphatic heterocycles. The molecule has 0 aromatic heterocycles. The highest BCUT2D eigenvalue weighted by Gasteiger charge is 2.56. The summed E-state index contributed by atoms with van der Waals surface area (Å²) in [5, 5.41) is 10.3. The number of hydrogen-bond donors (Lipinski definition) is 1. The third-order valence-corrected chi connectivity index (χ3v) is 5.49. The average Bonchev–Trinajstić information content (AvgIpc) is 2.47. The first-order valence-corrected chi connectivity index (χ1v) is 8.38. The molecule has 2 aliphatic rings. The zero-order chi connectivity index (χ0) is 15.1. The Hall–Kier alpha value is -1.02. The number of para-hydroxylation sites is 1. The molecule has 2 aliphatic carbocycles. The van der Waals surface area contributed by atoms with Crippen LogP contribution in [0.25, 0.3) is 0 Å². The Kier molecular flexibility index (Phi) is 3.77. The van der Waals surface area contributed by atoms with Crippen LogP contribution in [0, 0.1) is 5.41 Å². The van der Waals surface area contributed by atoms with Crippen LogP contribution in [-0.4, -0.2) is 17.3 Å². The minimum Gasteiger partial charge on any atom is -0.489 e. The molecule has 2 nitrogen and oxygen atoms in total. The second-order valence-corrected chi connectivity index (χ2v) is 7.90. The zero-order valence-electron chi connectivity index (χ0n) is 13.6. The molecule has 1 aromatic carbocycles. The van der Waals surface area contributed by atoms with Gasteiger partial charge in [-0.15, -0.1) is 0 Å². The standard InChI is InChI=1S/C19H28O2/c1-18(2,3)14-9-5-6-10-15(14)21-17-13-16(20)19(17)11-7-4-8-12-19/h5-6,9-10,16-17,20H,4,7-8,11-13H2,1-3H3. The fourth-order valence-electron chi connectivity index (χ4n) is 4.10. The third-order valence-electron chi connectivity index (χ3n) is 5.49. The van der Waals surface area contributed by atoms with Gasteiger partial charge in [0.15, 0.2) is 0 Å². The second-order valence-electron chi connectivity index (χ2n) is 7.90. The van der Waals surface area contributed by atoms with Crippen molar-refractivity contribution < 1.29 is 9.84 Å². The van der Waals surface area contributed by atoms with Crippen LogP contribution in [0.2, 0.25) is 0 Å². The molecule has 0 radical (unpaired) electrons. The lowest BCUT2D eigenvalue weighted by molar-refractivity contribution is -0.172. The van der Waals surface area contributed by atoms with Gasteiger partial charge in [-0.1, -0.05) is 58.2 Å². The molecular weight excluding hydrogens is 260 g/mol. The maximum absolute atomic E-state index is 10.3. The van der Waals surface area contributed by atoms with E-state index in [0.29, 0.717) is 0 Å². The van der Waals surface area contributed by atoms with Gasteiger partial charge >= 0.3 is 0 Å². The van der Waals surface area contributed by atoms with Crippen molar-refractivity contribution in [2.45, 2.75) is 76.9 Å². The first kappa shape index (κ1) is 14.9. The van der Waals surface area contributed by atoms with Crippen LogP contribution in [-0.2, 0) is 5.41 Å². The van der Waals surface area contributed by atoms with Gasteiger partial charge in [0.1, 0.15) is 11.9 Å². The Labute approximate surface area is 128 Å². The van der Waals surface area contributed by atoms with Gasteiger partial charge in [0, 0.05) is 11.8 Å². The van der Waals surface area contributed by atoms with E-state index in [1.165, 1.54) is 24.8 Å². The van der Waals surface area contributed by atoms with Crippen molar-refractivity contribution in [3.05, 3.63) is 29.8 Å². The normalized spacial score (nSPS) is 28.2. The molecule has 1 spiro atoms. The van der Waals surface area contributed by atoms with E-state index in [-0.39, 0.29) is 23.0 Å². The summed E-state index contributed by atoms with van der Waals surface area (Å²) in [4.78, 5) is 0. The summed E-state index contributed by atoms with van der Waals surface area (Å²) < 4.78 is 6.41. The summed E-state index contributed by atoms with van der Waals surface area (Å²) in [6.07, 6.45) is 6.84. The Morgan fingerprint density at radius 2 is 1.76 bits per heavy atom. The number of rotatable bonds is 2. The van der Waals surface area contributed by atoms with E-state index in [2.05, 4.69) is 39.0 Å². The highest BCUT2D eigenvalue weighted by Crippen LogP contribution is 2.53. The summed E-state index contributed by atoms with van der Waals surface area (Å²) in [7, 11) is 0. The average molecular weight is 288 g/mol. The lowest BCUT2D eigenvalue weighted by Crippen LogP contribution is -2.60. The zero-order valence-corrected chi connectivity index (χ0v) is 13.6. The van der Waals surface area contributed by atoms with Crippen LogP contribution in [0.1, 0.15) is 64.9 Å². The minimum atomic E-state index is -0.162. The van der Waals surface area contributed by atoms with E-state index < -0.39 is 0 Å². The smallest absolute Gasteiger partial charge is 0.123 e. The van der Waals surface area contributed by atoms with E-state index in [4.69, 9.17) is 4.74 Å². The van der Waals surface area contributed by atoms with Crippen LogP contribution < -0.4 is 4.74 Å². The predicted molar refractivity (Wildman–Crippen MR) is 85.7 cm³/mol. The molecule has 0 bridgehead atoms. The molecule has 2 atom stereocenters. The highest BCUT2D eigenvalue weighted by molar-refractivity contribution is 5.38. The van der Waals surface area contributed by atoms with Gasteiger partial charge in [0.05, 0.1) is 6.10 Å². The molecule has 3 rings (SSSR count). The quantitative estimate of drug-likeness (QED) is 0.871. The minimum absolute atomic E-state index is 0.0310. The van der Waals surface area contributed by atoms with Crippen molar-refractivity contribution in [1.82, 2.24) is 0 Å². The Morgan fingerprint density at radius 1 is 1.10 bits per heavy atom. The molecule has 21 heavy (non-hydrogen) atoms. The molecule has 0 saturated heterocycles. The monoisotopic (exact) mass is 288 g/mol. The Bertz CT molecular complexity index is 495. The van der Waals surface area contributed by atoms with Gasteiger partial charge in [0.25, 0.3) is 0 Å². The summed E-state index contributed by atoms with van der Waals surface area (Å²) in [6, 6.07) is 8.38. The van der Waals surface area contributed by atoms with Crippen molar-refractivity contribution in [1.29, 1.82) is 0 Å².